The SMILES string of the molecule is CN(C)c1cc[n+](Cc2ccccc2)c(Oc2ccc3c(c2)CC[C@@H]2[C@@H]3CC[C@]3(C)[C@@H](O)CC[C@@H]23)c1. The van der Waals surface area contributed by atoms with Crippen LogP contribution >= 0.6 is 0 Å². The first kappa shape index (κ1) is 23.5. The van der Waals surface area contributed by atoms with E-state index < -0.39 is 0 Å². The molecule has 0 saturated heterocycles. The van der Waals surface area contributed by atoms with E-state index in [4.69, 9.17) is 4.74 Å². The van der Waals surface area contributed by atoms with Gasteiger partial charge in [0.1, 0.15) is 5.75 Å². The highest BCUT2D eigenvalue weighted by Gasteiger charge is 2.54. The van der Waals surface area contributed by atoms with Crippen LogP contribution in [0.3, 0.4) is 0 Å². The number of hydrogen-bond acceptors (Lipinski definition) is 3. The van der Waals surface area contributed by atoms with Gasteiger partial charge in [-0.25, -0.2) is 0 Å². The highest BCUT2D eigenvalue weighted by molar-refractivity contribution is 5.47. The molecule has 0 radical (unpaired) electrons. The van der Waals surface area contributed by atoms with E-state index in [2.05, 4.69) is 97.3 Å². The predicted molar refractivity (Wildman–Crippen MR) is 144 cm³/mol. The van der Waals surface area contributed by atoms with E-state index in [9.17, 15) is 5.11 Å². The monoisotopic (exact) mass is 483 g/mol. The second kappa shape index (κ2) is 9.23. The fraction of sp³-hybridized carbons (Fsp3) is 0.469. The number of rotatable bonds is 5. The first-order chi connectivity index (χ1) is 17.4. The van der Waals surface area contributed by atoms with Crippen LogP contribution < -0.4 is 14.2 Å². The number of nitrogens with zero attached hydrogens (tertiary/aromatic N) is 2. The molecule has 0 spiro atoms. The molecule has 4 nitrogen and oxygen atoms in total. The summed E-state index contributed by atoms with van der Waals surface area (Å²) in [5.74, 6) is 3.78. The maximum Gasteiger partial charge on any atom is 0.375 e. The lowest BCUT2D eigenvalue weighted by Gasteiger charge is -2.50. The Kier molecular flexibility index (Phi) is 6.03. The molecule has 0 amide bonds. The second-order valence-electron chi connectivity index (χ2n) is 11.7. The van der Waals surface area contributed by atoms with E-state index in [0.717, 1.165) is 43.1 Å². The van der Waals surface area contributed by atoms with Gasteiger partial charge < -0.3 is 14.7 Å². The smallest absolute Gasteiger partial charge is 0.375 e. The van der Waals surface area contributed by atoms with Crippen LogP contribution in [0.5, 0.6) is 11.6 Å². The van der Waals surface area contributed by atoms with E-state index in [1.807, 2.05) is 0 Å². The number of aliphatic hydroxyl groups excluding tert-OH is 1. The molecule has 6 rings (SSSR count). The average molecular weight is 484 g/mol. The number of ether oxygens (including phenoxy) is 1. The standard InChI is InChI=1S/C32H39N2O2/c1-32-17-15-27-26-12-10-25(19-23(26)9-11-28(27)29(32)13-14-30(32)35)36-31-20-24(33(2)3)16-18-34(31)21-22-7-5-4-6-8-22/h4-8,10,12,16,18-20,27-30,35H,9,11,13-15,17,21H2,1-3H3/q+1/t27-,28-,29+,30+,32+/m1/s1. The van der Waals surface area contributed by atoms with Crippen LogP contribution in [0.4, 0.5) is 5.69 Å². The number of anilines is 1. The lowest BCUT2D eigenvalue weighted by molar-refractivity contribution is -0.692. The summed E-state index contributed by atoms with van der Waals surface area (Å²) in [4.78, 5) is 2.11. The molecule has 36 heavy (non-hydrogen) atoms. The molecule has 1 heterocycles. The van der Waals surface area contributed by atoms with Crippen LogP contribution in [0.1, 0.15) is 61.6 Å². The predicted octanol–water partition coefficient (Wildman–Crippen LogP) is 6.10. The Labute approximate surface area is 215 Å². The highest BCUT2D eigenvalue weighted by Crippen LogP contribution is 2.60. The first-order valence-corrected chi connectivity index (χ1v) is 13.7. The van der Waals surface area contributed by atoms with Crippen molar-refractivity contribution < 1.29 is 14.4 Å². The van der Waals surface area contributed by atoms with Crippen molar-refractivity contribution in [1.29, 1.82) is 0 Å². The number of benzene rings is 2. The Bertz CT molecular complexity index is 1240. The van der Waals surface area contributed by atoms with Crippen molar-refractivity contribution in [1.82, 2.24) is 0 Å². The summed E-state index contributed by atoms with van der Waals surface area (Å²) < 4.78 is 8.76. The van der Waals surface area contributed by atoms with Crippen LogP contribution in [-0.4, -0.2) is 25.3 Å². The van der Waals surface area contributed by atoms with Crippen LogP contribution in [0.25, 0.3) is 0 Å². The van der Waals surface area contributed by atoms with E-state index >= 15 is 0 Å². The van der Waals surface area contributed by atoms with Gasteiger partial charge in [0.05, 0.1) is 17.9 Å². The topological polar surface area (TPSA) is 36.6 Å². The van der Waals surface area contributed by atoms with E-state index in [-0.39, 0.29) is 11.5 Å². The average Bonchev–Trinajstić information content (AvgIpc) is 3.19. The van der Waals surface area contributed by atoms with Crippen molar-refractivity contribution in [2.75, 3.05) is 19.0 Å². The summed E-state index contributed by atoms with van der Waals surface area (Å²) >= 11 is 0. The molecule has 1 N–H and O–H groups in total. The summed E-state index contributed by atoms with van der Waals surface area (Å²) in [6.45, 7) is 3.12. The minimum atomic E-state index is -0.110. The Morgan fingerprint density at radius 3 is 2.64 bits per heavy atom. The summed E-state index contributed by atoms with van der Waals surface area (Å²) in [5.41, 5.74) is 5.49. The third kappa shape index (κ3) is 4.10. The summed E-state index contributed by atoms with van der Waals surface area (Å²) in [5, 5.41) is 10.7. The fourth-order valence-corrected chi connectivity index (χ4v) is 7.49. The van der Waals surface area contributed by atoms with Crippen molar-refractivity contribution in [2.45, 2.75) is 64.0 Å². The molecule has 3 aromatic rings. The number of pyridine rings is 1. The van der Waals surface area contributed by atoms with E-state index in [1.165, 1.54) is 36.0 Å². The van der Waals surface area contributed by atoms with Gasteiger partial charge in [0.15, 0.2) is 12.7 Å². The van der Waals surface area contributed by atoms with Crippen molar-refractivity contribution >= 4 is 5.69 Å². The Balaban J connectivity index is 1.27. The van der Waals surface area contributed by atoms with Gasteiger partial charge in [-0.15, -0.1) is 0 Å². The van der Waals surface area contributed by atoms with Crippen LogP contribution in [-0.2, 0) is 13.0 Å². The van der Waals surface area contributed by atoms with Crippen LogP contribution in [0.15, 0.2) is 66.9 Å². The largest absolute Gasteiger partial charge is 0.405 e. The minimum absolute atomic E-state index is 0.110. The van der Waals surface area contributed by atoms with Gasteiger partial charge in [0.25, 0.3) is 0 Å². The maximum atomic E-state index is 10.7. The molecule has 5 atom stereocenters. The molecule has 0 bridgehead atoms. The van der Waals surface area contributed by atoms with Crippen molar-refractivity contribution in [3.63, 3.8) is 0 Å². The Morgan fingerprint density at radius 2 is 1.83 bits per heavy atom. The molecule has 3 aliphatic carbocycles. The van der Waals surface area contributed by atoms with Crippen LogP contribution in [0, 0.1) is 17.3 Å². The fourth-order valence-electron chi connectivity index (χ4n) is 7.49. The van der Waals surface area contributed by atoms with Gasteiger partial charge in [-0.3, -0.25) is 0 Å². The zero-order chi connectivity index (χ0) is 24.9. The number of aliphatic hydroxyl groups is 1. The summed E-state index contributed by atoms with van der Waals surface area (Å²) in [7, 11) is 4.13. The summed E-state index contributed by atoms with van der Waals surface area (Å²) in [6, 6.07) is 21.6. The van der Waals surface area contributed by atoms with Crippen molar-refractivity contribution in [3.05, 3.63) is 83.6 Å². The molecule has 2 saturated carbocycles. The van der Waals surface area contributed by atoms with Crippen molar-refractivity contribution in [3.8, 4) is 11.6 Å². The molecule has 3 aliphatic rings. The van der Waals surface area contributed by atoms with Gasteiger partial charge in [-0.05, 0) is 85.0 Å². The number of aromatic nitrogens is 1. The van der Waals surface area contributed by atoms with E-state index in [0.29, 0.717) is 17.8 Å². The molecule has 0 aliphatic heterocycles. The maximum absolute atomic E-state index is 10.7. The third-order valence-corrected chi connectivity index (χ3v) is 9.56. The molecule has 2 aromatic carbocycles. The molecule has 2 fully saturated rings. The zero-order valence-electron chi connectivity index (χ0n) is 21.9. The lowest BCUT2D eigenvalue weighted by Crippen LogP contribution is -2.43. The normalized spacial score (nSPS) is 28.7. The molecular weight excluding hydrogens is 444 g/mol. The minimum Gasteiger partial charge on any atom is -0.405 e. The van der Waals surface area contributed by atoms with Gasteiger partial charge in [0, 0.05) is 25.7 Å². The molecular formula is C32H39N2O2+. The van der Waals surface area contributed by atoms with Gasteiger partial charge in [-0.1, -0.05) is 43.3 Å². The van der Waals surface area contributed by atoms with Gasteiger partial charge in [-0.2, -0.15) is 4.57 Å². The zero-order valence-corrected chi connectivity index (χ0v) is 21.9. The van der Waals surface area contributed by atoms with Gasteiger partial charge >= 0.3 is 5.88 Å². The molecule has 1 aromatic heterocycles. The van der Waals surface area contributed by atoms with Crippen LogP contribution in [0.2, 0.25) is 0 Å². The van der Waals surface area contributed by atoms with Crippen molar-refractivity contribution in [2.24, 2.45) is 17.3 Å². The molecule has 4 heteroatoms. The Hall–Kier alpha value is -2.85. The highest BCUT2D eigenvalue weighted by atomic mass is 16.5. The number of hydrogen-bond donors (Lipinski definition) is 1. The lowest BCUT2D eigenvalue weighted by atomic mass is 9.55. The molecule has 0 unspecified atom stereocenters. The number of aryl methyl sites for hydroxylation is 1. The number of fused-ring (bicyclic) bond motifs is 5. The third-order valence-electron chi connectivity index (χ3n) is 9.56. The summed E-state index contributed by atoms with van der Waals surface area (Å²) in [6.07, 6.45) is 8.88. The van der Waals surface area contributed by atoms with Gasteiger partial charge in [0.2, 0.25) is 0 Å². The first-order valence-electron chi connectivity index (χ1n) is 13.7. The Morgan fingerprint density at radius 1 is 1.00 bits per heavy atom. The quantitative estimate of drug-likeness (QED) is 0.446. The second-order valence-corrected chi connectivity index (χ2v) is 11.7. The van der Waals surface area contributed by atoms with E-state index in [1.54, 1.807) is 0 Å². The molecule has 188 valence electrons.